The molecule has 1 aliphatic heterocycles. The molecule has 3 rings (SSSR count). The first-order valence-electron chi connectivity index (χ1n) is 10.5. The Kier molecular flexibility index (Phi) is 7.65. The van der Waals surface area contributed by atoms with E-state index in [-0.39, 0.29) is 30.4 Å². The molecule has 154 valence electrons. The number of pyridine rings is 1. The van der Waals surface area contributed by atoms with Crippen LogP contribution in [0.5, 0.6) is 0 Å². The number of hydrogen-bond acceptors (Lipinski definition) is 4. The van der Waals surface area contributed by atoms with E-state index >= 15 is 0 Å². The van der Waals surface area contributed by atoms with Crippen LogP contribution in [0.2, 0.25) is 0 Å². The van der Waals surface area contributed by atoms with Gasteiger partial charge in [0.05, 0.1) is 19.3 Å². The van der Waals surface area contributed by atoms with Crippen molar-refractivity contribution in [1.82, 2.24) is 20.1 Å². The number of amides is 3. The minimum atomic E-state index is -0.212. The van der Waals surface area contributed by atoms with E-state index in [4.69, 9.17) is 4.74 Å². The summed E-state index contributed by atoms with van der Waals surface area (Å²) < 4.78 is 5.58. The van der Waals surface area contributed by atoms with E-state index in [1.54, 1.807) is 17.3 Å². The van der Waals surface area contributed by atoms with Crippen LogP contribution in [-0.2, 0) is 16.1 Å². The van der Waals surface area contributed by atoms with Gasteiger partial charge in [0.1, 0.15) is 0 Å². The standard InChI is InChI=1S/C21H32N4O3/c1-2-24(15-17-8-10-22-11-9-17)20(26)14-19-16-28-13-12-25(19)21(27)23-18-6-4-3-5-7-18/h8-11,18-19H,2-7,12-16H2,1H3,(H,23,27)/t19-/m0/s1. The number of ether oxygens (including phenoxy) is 1. The molecular weight excluding hydrogens is 356 g/mol. The number of urea groups is 1. The minimum Gasteiger partial charge on any atom is -0.377 e. The molecule has 2 fully saturated rings. The van der Waals surface area contributed by atoms with E-state index in [0.29, 0.717) is 32.8 Å². The highest BCUT2D eigenvalue weighted by molar-refractivity contribution is 5.79. The van der Waals surface area contributed by atoms with Gasteiger partial charge >= 0.3 is 6.03 Å². The summed E-state index contributed by atoms with van der Waals surface area (Å²) in [5.74, 6) is 0.0466. The Hall–Kier alpha value is -2.15. The first-order chi connectivity index (χ1) is 13.7. The third-order valence-electron chi connectivity index (χ3n) is 5.69. The van der Waals surface area contributed by atoms with Crippen LogP contribution < -0.4 is 5.32 Å². The largest absolute Gasteiger partial charge is 0.377 e. The lowest BCUT2D eigenvalue weighted by Gasteiger charge is -2.37. The summed E-state index contributed by atoms with van der Waals surface area (Å²) in [6, 6.07) is 3.84. The molecule has 0 unspecified atom stereocenters. The molecule has 7 heteroatoms. The van der Waals surface area contributed by atoms with Crippen LogP contribution in [0, 0.1) is 0 Å². The highest BCUT2D eigenvalue weighted by atomic mass is 16.5. The maximum atomic E-state index is 12.9. The molecule has 28 heavy (non-hydrogen) atoms. The zero-order chi connectivity index (χ0) is 19.8. The van der Waals surface area contributed by atoms with Crippen LogP contribution in [0.1, 0.15) is 51.0 Å². The molecule has 1 aromatic heterocycles. The monoisotopic (exact) mass is 388 g/mol. The highest BCUT2D eigenvalue weighted by Gasteiger charge is 2.31. The van der Waals surface area contributed by atoms with Crippen molar-refractivity contribution in [2.45, 2.75) is 64.1 Å². The topological polar surface area (TPSA) is 74.8 Å². The summed E-state index contributed by atoms with van der Waals surface area (Å²) in [5, 5.41) is 3.17. The predicted octanol–water partition coefficient (Wildman–Crippen LogP) is 2.56. The molecule has 0 bridgehead atoms. The van der Waals surface area contributed by atoms with Gasteiger partial charge in [-0.2, -0.15) is 0 Å². The Balaban J connectivity index is 1.57. The molecule has 1 saturated heterocycles. The molecule has 0 aromatic carbocycles. The molecule has 0 spiro atoms. The molecule has 1 N–H and O–H groups in total. The van der Waals surface area contributed by atoms with Gasteiger partial charge in [0.25, 0.3) is 0 Å². The Morgan fingerprint density at radius 2 is 2.00 bits per heavy atom. The lowest BCUT2D eigenvalue weighted by atomic mass is 9.96. The molecular formula is C21H32N4O3. The molecule has 1 aliphatic carbocycles. The highest BCUT2D eigenvalue weighted by Crippen LogP contribution is 2.19. The molecule has 0 radical (unpaired) electrons. The van der Waals surface area contributed by atoms with Crippen LogP contribution in [0.25, 0.3) is 0 Å². The molecule has 1 aromatic rings. The van der Waals surface area contributed by atoms with Gasteiger partial charge in [-0.05, 0) is 37.5 Å². The summed E-state index contributed by atoms with van der Waals surface area (Å²) >= 11 is 0. The summed E-state index contributed by atoms with van der Waals surface area (Å²) in [4.78, 5) is 33.4. The fraction of sp³-hybridized carbons (Fsp3) is 0.667. The number of hydrogen-bond donors (Lipinski definition) is 1. The summed E-state index contributed by atoms with van der Waals surface area (Å²) in [7, 11) is 0. The molecule has 1 saturated carbocycles. The molecule has 2 aliphatic rings. The van der Waals surface area contributed by atoms with E-state index in [0.717, 1.165) is 18.4 Å². The van der Waals surface area contributed by atoms with Gasteiger partial charge in [-0.25, -0.2) is 4.79 Å². The number of morpholine rings is 1. The van der Waals surface area contributed by atoms with E-state index in [2.05, 4.69) is 10.3 Å². The van der Waals surface area contributed by atoms with Crippen molar-refractivity contribution in [2.75, 3.05) is 26.3 Å². The average Bonchev–Trinajstić information content (AvgIpc) is 2.73. The van der Waals surface area contributed by atoms with Gasteiger partial charge in [-0.3, -0.25) is 9.78 Å². The second kappa shape index (κ2) is 10.4. The van der Waals surface area contributed by atoms with Crippen molar-refractivity contribution in [3.63, 3.8) is 0 Å². The summed E-state index contributed by atoms with van der Waals surface area (Å²) in [5.41, 5.74) is 1.05. The van der Waals surface area contributed by atoms with Crippen LogP contribution in [0.4, 0.5) is 4.79 Å². The smallest absolute Gasteiger partial charge is 0.318 e. The van der Waals surface area contributed by atoms with Crippen molar-refractivity contribution in [1.29, 1.82) is 0 Å². The second-order valence-electron chi connectivity index (χ2n) is 7.67. The number of carbonyl (C=O) groups excluding carboxylic acids is 2. The van der Waals surface area contributed by atoms with Crippen LogP contribution in [0.15, 0.2) is 24.5 Å². The number of nitrogens with zero attached hydrogens (tertiary/aromatic N) is 3. The lowest BCUT2D eigenvalue weighted by molar-refractivity contribution is -0.134. The zero-order valence-electron chi connectivity index (χ0n) is 16.8. The van der Waals surface area contributed by atoms with E-state index < -0.39 is 0 Å². The Morgan fingerprint density at radius 3 is 2.71 bits per heavy atom. The molecule has 1 atom stereocenters. The Labute approximate surface area is 167 Å². The fourth-order valence-electron chi connectivity index (χ4n) is 4.01. The van der Waals surface area contributed by atoms with Crippen molar-refractivity contribution in [3.05, 3.63) is 30.1 Å². The first-order valence-corrected chi connectivity index (χ1v) is 10.5. The number of carbonyl (C=O) groups is 2. The summed E-state index contributed by atoms with van der Waals surface area (Å²) in [6.07, 6.45) is 9.47. The van der Waals surface area contributed by atoms with Gasteiger partial charge in [0.2, 0.25) is 5.91 Å². The number of rotatable bonds is 6. The SMILES string of the molecule is CCN(Cc1ccncc1)C(=O)C[C@H]1COCCN1C(=O)NC1CCCCC1. The third-order valence-corrected chi connectivity index (χ3v) is 5.69. The molecule has 7 nitrogen and oxygen atoms in total. The van der Waals surface area contributed by atoms with Crippen LogP contribution in [-0.4, -0.2) is 65.1 Å². The Bertz CT molecular complexity index is 634. The van der Waals surface area contributed by atoms with Crippen molar-refractivity contribution in [3.8, 4) is 0 Å². The van der Waals surface area contributed by atoms with E-state index in [1.165, 1.54) is 19.3 Å². The van der Waals surface area contributed by atoms with Gasteiger partial charge in [0, 0.05) is 44.5 Å². The number of nitrogens with one attached hydrogen (secondary N) is 1. The molecule has 3 amide bonds. The number of aromatic nitrogens is 1. The van der Waals surface area contributed by atoms with Gasteiger partial charge in [-0.15, -0.1) is 0 Å². The van der Waals surface area contributed by atoms with E-state index in [1.807, 2.05) is 24.0 Å². The van der Waals surface area contributed by atoms with Gasteiger partial charge in [-0.1, -0.05) is 19.3 Å². The van der Waals surface area contributed by atoms with Gasteiger partial charge < -0.3 is 19.9 Å². The normalized spacial score (nSPS) is 20.6. The summed E-state index contributed by atoms with van der Waals surface area (Å²) in [6.45, 7) is 4.63. The maximum Gasteiger partial charge on any atom is 0.318 e. The van der Waals surface area contributed by atoms with Crippen molar-refractivity contribution in [2.24, 2.45) is 0 Å². The molecule has 2 heterocycles. The van der Waals surface area contributed by atoms with Gasteiger partial charge in [0.15, 0.2) is 0 Å². The predicted molar refractivity (Wildman–Crippen MR) is 107 cm³/mol. The first kappa shape index (κ1) is 20.6. The lowest BCUT2D eigenvalue weighted by Crippen LogP contribution is -2.55. The Morgan fingerprint density at radius 1 is 1.25 bits per heavy atom. The van der Waals surface area contributed by atoms with E-state index in [9.17, 15) is 9.59 Å². The van der Waals surface area contributed by atoms with Crippen molar-refractivity contribution >= 4 is 11.9 Å². The van der Waals surface area contributed by atoms with Crippen molar-refractivity contribution < 1.29 is 14.3 Å². The van der Waals surface area contributed by atoms with Crippen LogP contribution >= 0.6 is 0 Å². The third kappa shape index (κ3) is 5.67. The minimum absolute atomic E-state index is 0.0466. The average molecular weight is 389 g/mol. The fourth-order valence-corrected chi connectivity index (χ4v) is 4.01. The zero-order valence-corrected chi connectivity index (χ0v) is 16.8. The second-order valence-corrected chi connectivity index (χ2v) is 7.67. The maximum absolute atomic E-state index is 12.9. The van der Waals surface area contributed by atoms with Crippen LogP contribution in [0.3, 0.4) is 0 Å². The quantitative estimate of drug-likeness (QED) is 0.813.